The summed E-state index contributed by atoms with van der Waals surface area (Å²) in [7, 11) is 0. The van der Waals surface area contributed by atoms with Crippen LogP contribution in [0.3, 0.4) is 0 Å². The van der Waals surface area contributed by atoms with E-state index in [1.165, 1.54) is 86.7 Å². The van der Waals surface area contributed by atoms with Crippen LogP contribution >= 0.6 is 28.7 Å². The van der Waals surface area contributed by atoms with Crippen molar-refractivity contribution in [3.8, 4) is 5.75 Å². The number of ether oxygens (including phenoxy) is 1. The van der Waals surface area contributed by atoms with Gasteiger partial charge < -0.3 is 20.3 Å². The lowest BCUT2D eigenvalue weighted by atomic mass is 9.87. The molecule has 5 nitrogen and oxygen atoms in total. The molecule has 0 aromatic heterocycles. The van der Waals surface area contributed by atoms with Crippen LogP contribution in [-0.4, -0.2) is 23.4 Å². The van der Waals surface area contributed by atoms with E-state index in [0.717, 1.165) is 30.3 Å². The number of unbranched alkanes of at least 4 members (excludes halogenated alkanes) is 11. The molecule has 0 spiro atoms. The van der Waals surface area contributed by atoms with E-state index in [1.807, 2.05) is 30.0 Å². The smallest absolute Gasteiger partial charge is 0.323 e. The molecule has 0 radical (unpaired) electrons. The van der Waals surface area contributed by atoms with E-state index in [0.29, 0.717) is 12.3 Å². The molecule has 3 rings (SSSR count). The molecule has 0 aliphatic carbocycles. The summed E-state index contributed by atoms with van der Waals surface area (Å²) in [6.07, 6.45) is 18.0. The number of thioether (sulfide) groups is 1. The summed E-state index contributed by atoms with van der Waals surface area (Å²) >= 11 is 1.86. The van der Waals surface area contributed by atoms with E-state index in [2.05, 4.69) is 80.6 Å². The normalized spacial score (nSPS) is 13.0. The SMILES string of the molecule is Br.CCCCCCCCCCCCCCOc1cc(C(C)(C)C)ccc1NC(=O)Nc1ccc(CN2C=C(C)SC2)cc1. The largest absolute Gasteiger partial charge is 0.491 e. The van der Waals surface area contributed by atoms with Gasteiger partial charge in [0.15, 0.2) is 0 Å². The van der Waals surface area contributed by atoms with Crippen LogP contribution in [0.1, 0.15) is 123 Å². The molecule has 0 unspecified atom stereocenters. The van der Waals surface area contributed by atoms with Crippen LogP contribution in [0.5, 0.6) is 5.75 Å². The first-order valence-corrected chi connectivity index (χ1v) is 17.2. The molecule has 1 aliphatic heterocycles. The zero-order chi connectivity index (χ0) is 30.2. The predicted octanol–water partition coefficient (Wildman–Crippen LogP) is 11.7. The van der Waals surface area contributed by atoms with E-state index < -0.39 is 0 Å². The topological polar surface area (TPSA) is 53.6 Å². The molecule has 1 aliphatic rings. The monoisotopic (exact) mass is 673 g/mol. The average molecular weight is 675 g/mol. The molecule has 2 amide bonds. The van der Waals surface area contributed by atoms with Crippen LogP contribution < -0.4 is 15.4 Å². The van der Waals surface area contributed by atoms with E-state index in [1.54, 1.807) is 0 Å². The Hall–Kier alpha value is -2.12. The Morgan fingerprint density at radius 3 is 2.02 bits per heavy atom. The van der Waals surface area contributed by atoms with Crippen molar-refractivity contribution in [2.45, 2.75) is 124 Å². The summed E-state index contributed by atoms with van der Waals surface area (Å²) in [6.45, 7) is 12.5. The predicted molar refractivity (Wildman–Crippen MR) is 193 cm³/mol. The number of anilines is 2. The maximum Gasteiger partial charge on any atom is 0.323 e. The Kier molecular flexibility index (Phi) is 17.3. The van der Waals surface area contributed by atoms with Gasteiger partial charge >= 0.3 is 6.03 Å². The lowest BCUT2D eigenvalue weighted by Crippen LogP contribution is -2.20. The highest BCUT2D eigenvalue weighted by atomic mass is 79.9. The zero-order valence-electron chi connectivity index (χ0n) is 27.3. The van der Waals surface area contributed by atoms with Crippen molar-refractivity contribution in [3.05, 3.63) is 64.7 Å². The Morgan fingerprint density at radius 1 is 0.860 bits per heavy atom. The van der Waals surface area contributed by atoms with Crippen LogP contribution in [-0.2, 0) is 12.0 Å². The maximum atomic E-state index is 12.9. The third-order valence-corrected chi connectivity index (χ3v) is 8.79. The van der Waals surface area contributed by atoms with Gasteiger partial charge in [-0.15, -0.1) is 28.7 Å². The molecule has 2 aromatic carbocycles. The van der Waals surface area contributed by atoms with Crippen molar-refractivity contribution >= 4 is 46.1 Å². The van der Waals surface area contributed by atoms with Gasteiger partial charge in [-0.1, -0.05) is 117 Å². The minimum absolute atomic E-state index is 0. The second kappa shape index (κ2) is 20.0. The fraction of sp³-hybridized carbons (Fsp3) is 0.583. The molecule has 2 aromatic rings. The van der Waals surface area contributed by atoms with Gasteiger partial charge in [-0.2, -0.15) is 0 Å². The fourth-order valence-corrected chi connectivity index (χ4v) is 5.92. The number of nitrogens with zero attached hydrogens (tertiary/aromatic N) is 1. The number of amides is 2. The van der Waals surface area contributed by atoms with Gasteiger partial charge in [0.05, 0.1) is 18.2 Å². The zero-order valence-corrected chi connectivity index (χ0v) is 29.8. The lowest BCUT2D eigenvalue weighted by Gasteiger charge is -2.22. The van der Waals surface area contributed by atoms with Gasteiger partial charge in [0.2, 0.25) is 0 Å². The van der Waals surface area contributed by atoms with Gasteiger partial charge in [0, 0.05) is 18.4 Å². The van der Waals surface area contributed by atoms with Gasteiger partial charge in [-0.25, -0.2) is 4.79 Å². The number of carbonyl (C=O) groups is 1. The number of carbonyl (C=O) groups excluding carboxylic acids is 1. The first-order chi connectivity index (χ1) is 20.2. The van der Waals surface area contributed by atoms with Gasteiger partial charge in [-0.3, -0.25) is 0 Å². The molecule has 43 heavy (non-hydrogen) atoms. The molecule has 0 fully saturated rings. The number of nitrogens with one attached hydrogen (secondary N) is 2. The molecular weight excluding hydrogens is 618 g/mol. The first kappa shape index (κ1) is 37.1. The average Bonchev–Trinajstić information content (AvgIpc) is 3.36. The van der Waals surface area contributed by atoms with Crippen molar-refractivity contribution < 1.29 is 9.53 Å². The summed E-state index contributed by atoms with van der Waals surface area (Å²) in [5.74, 6) is 1.73. The second-order valence-electron chi connectivity index (χ2n) is 12.7. The Morgan fingerprint density at radius 2 is 1.47 bits per heavy atom. The molecule has 0 bridgehead atoms. The van der Waals surface area contributed by atoms with E-state index in [9.17, 15) is 4.79 Å². The Balaban J connectivity index is 0.00000645. The second-order valence-corrected chi connectivity index (χ2v) is 13.9. The van der Waals surface area contributed by atoms with Crippen molar-refractivity contribution in [2.24, 2.45) is 0 Å². The van der Waals surface area contributed by atoms with E-state index >= 15 is 0 Å². The highest BCUT2D eigenvalue weighted by Gasteiger charge is 2.17. The summed E-state index contributed by atoms with van der Waals surface area (Å²) in [5.41, 5.74) is 3.88. The third kappa shape index (κ3) is 14.5. The van der Waals surface area contributed by atoms with Crippen LogP contribution in [0.2, 0.25) is 0 Å². The van der Waals surface area contributed by atoms with Gasteiger partial charge in [0.25, 0.3) is 0 Å². The lowest BCUT2D eigenvalue weighted by molar-refractivity contribution is 0.261. The standard InChI is InChI=1S/C36H55N3O2S.BrH/c1-6-7-8-9-10-11-12-13-14-15-16-17-24-41-34-25-31(36(3,4)5)20-23-33(34)38-35(40)37-32-21-18-30(19-22-32)27-39-26-29(2)42-28-39;/h18-23,25-26H,6-17,24,27-28H2,1-5H3,(H2,37,38,40);1H. The highest BCUT2D eigenvalue weighted by molar-refractivity contribution is 8.93. The third-order valence-electron chi connectivity index (χ3n) is 7.77. The number of allylic oxidation sites excluding steroid dienone is 1. The van der Waals surface area contributed by atoms with Crippen molar-refractivity contribution in [3.63, 3.8) is 0 Å². The minimum atomic E-state index is -0.268. The van der Waals surface area contributed by atoms with Crippen molar-refractivity contribution in [1.29, 1.82) is 0 Å². The fourth-order valence-electron chi connectivity index (χ4n) is 5.16. The summed E-state index contributed by atoms with van der Waals surface area (Å²) in [4.78, 5) is 16.6. The number of benzene rings is 2. The molecule has 0 saturated heterocycles. The Bertz CT molecular complexity index is 1110. The highest BCUT2D eigenvalue weighted by Crippen LogP contribution is 2.32. The molecule has 2 N–H and O–H groups in total. The number of hydrogen-bond donors (Lipinski definition) is 2. The van der Waals surface area contributed by atoms with Crippen LogP contribution in [0.25, 0.3) is 0 Å². The minimum Gasteiger partial charge on any atom is -0.491 e. The van der Waals surface area contributed by atoms with Crippen LogP contribution in [0.4, 0.5) is 16.2 Å². The van der Waals surface area contributed by atoms with Crippen LogP contribution in [0.15, 0.2) is 53.6 Å². The summed E-state index contributed by atoms with van der Waals surface area (Å²) in [5, 5.41) is 5.99. The van der Waals surface area contributed by atoms with Gasteiger partial charge in [0.1, 0.15) is 5.75 Å². The quantitative estimate of drug-likeness (QED) is 0.155. The first-order valence-electron chi connectivity index (χ1n) is 16.2. The van der Waals surface area contributed by atoms with Crippen LogP contribution in [0, 0.1) is 0 Å². The summed E-state index contributed by atoms with van der Waals surface area (Å²) in [6, 6.07) is 13.9. The number of halogens is 1. The number of urea groups is 1. The number of rotatable bonds is 18. The molecule has 0 atom stereocenters. The number of hydrogen-bond acceptors (Lipinski definition) is 4. The van der Waals surface area contributed by atoms with Crippen molar-refractivity contribution in [2.75, 3.05) is 23.1 Å². The van der Waals surface area contributed by atoms with E-state index in [-0.39, 0.29) is 28.4 Å². The molecule has 1 heterocycles. The molecular formula is C36H56BrN3O2S. The molecule has 240 valence electrons. The van der Waals surface area contributed by atoms with Gasteiger partial charge in [-0.05, 0) is 59.1 Å². The Labute approximate surface area is 276 Å². The summed E-state index contributed by atoms with van der Waals surface area (Å²) < 4.78 is 6.25. The molecule has 0 saturated carbocycles. The van der Waals surface area contributed by atoms with E-state index in [4.69, 9.17) is 4.74 Å². The van der Waals surface area contributed by atoms with Crippen molar-refractivity contribution in [1.82, 2.24) is 4.90 Å². The maximum absolute atomic E-state index is 12.9. The molecule has 7 heteroatoms.